The van der Waals surface area contributed by atoms with Crippen LogP contribution in [0.2, 0.25) is 5.02 Å². The molecule has 1 aromatic rings. The van der Waals surface area contributed by atoms with Gasteiger partial charge in [-0.3, -0.25) is 10.1 Å². The number of benzene rings is 1. The molecular weight excluding hydrogens is 256 g/mol. The van der Waals surface area contributed by atoms with Gasteiger partial charge in [-0.15, -0.1) is 0 Å². The molecule has 1 aromatic carbocycles. The van der Waals surface area contributed by atoms with Crippen molar-refractivity contribution in [2.24, 2.45) is 0 Å². The predicted molar refractivity (Wildman–Crippen MR) is 70.0 cm³/mol. The Bertz CT molecular complexity index is 459. The van der Waals surface area contributed by atoms with E-state index >= 15 is 0 Å². The van der Waals surface area contributed by atoms with Crippen molar-refractivity contribution in [1.82, 2.24) is 0 Å². The fourth-order valence-electron chi connectivity index (χ4n) is 2.30. The lowest BCUT2D eigenvalue weighted by Gasteiger charge is -2.23. The summed E-state index contributed by atoms with van der Waals surface area (Å²) >= 11 is 5.96. The van der Waals surface area contributed by atoms with Crippen molar-refractivity contribution in [3.05, 3.63) is 33.3 Å². The van der Waals surface area contributed by atoms with Crippen molar-refractivity contribution >= 4 is 23.0 Å². The zero-order valence-corrected chi connectivity index (χ0v) is 10.6. The summed E-state index contributed by atoms with van der Waals surface area (Å²) in [6.07, 6.45) is 3.42. The van der Waals surface area contributed by atoms with Crippen molar-refractivity contribution in [1.29, 1.82) is 0 Å². The molecule has 18 heavy (non-hydrogen) atoms. The summed E-state index contributed by atoms with van der Waals surface area (Å²) < 4.78 is 0. The van der Waals surface area contributed by atoms with Crippen molar-refractivity contribution in [3.8, 4) is 0 Å². The smallest absolute Gasteiger partial charge is 0.293 e. The minimum atomic E-state index is -0.771. The molecule has 1 aliphatic carbocycles. The molecule has 2 N–H and O–H groups in total. The first-order valence-corrected chi connectivity index (χ1v) is 6.29. The quantitative estimate of drug-likeness (QED) is 0.651. The second kappa shape index (κ2) is 5.12. The summed E-state index contributed by atoms with van der Waals surface area (Å²) in [6, 6.07) is 4.53. The lowest BCUT2D eigenvalue weighted by molar-refractivity contribution is -0.384. The highest BCUT2D eigenvalue weighted by atomic mass is 35.5. The molecule has 0 heterocycles. The van der Waals surface area contributed by atoms with Crippen LogP contribution in [0.4, 0.5) is 11.4 Å². The number of para-hydroxylation sites is 1. The molecule has 1 saturated carbocycles. The van der Waals surface area contributed by atoms with Crippen LogP contribution in [-0.4, -0.2) is 22.2 Å². The van der Waals surface area contributed by atoms with E-state index in [2.05, 4.69) is 5.32 Å². The third-order valence-corrected chi connectivity index (χ3v) is 3.63. The summed E-state index contributed by atoms with van der Waals surface area (Å²) in [7, 11) is 0. The van der Waals surface area contributed by atoms with E-state index in [-0.39, 0.29) is 17.9 Å². The van der Waals surface area contributed by atoms with Gasteiger partial charge in [0.2, 0.25) is 0 Å². The van der Waals surface area contributed by atoms with E-state index in [1.165, 1.54) is 12.1 Å². The number of hydrogen-bond donors (Lipinski definition) is 2. The van der Waals surface area contributed by atoms with E-state index < -0.39 is 10.5 Å². The molecule has 1 fully saturated rings. The van der Waals surface area contributed by atoms with Crippen LogP contribution < -0.4 is 5.32 Å². The standard InChI is InChI=1S/C12H15ClN2O3/c13-9-4-3-5-10(15(17)18)11(9)14-8-12(16)6-1-2-7-12/h3-5,14,16H,1-2,6-8H2. The predicted octanol–water partition coefficient (Wildman–Crippen LogP) is 2.97. The maximum Gasteiger partial charge on any atom is 0.293 e. The molecule has 0 aromatic heterocycles. The van der Waals surface area contributed by atoms with Gasteiger partial charge in [0.1, 0.15) is 5.69 Å². The van der Waals surface area contributed by atoms with Gasteiger partial charge in [0.05, 0.1) is 15.5 Å². The van der Waals surface area contributed by atoms with Gasteiger partial charge < -0.3 is 10.4 Å². The van der Waals surface area contributed by atoms with Crippen LogP contribution in [0.15, 0.2) is 18.2 Å². The Morgan fingerprint density at radius 2 is 2.11 bits per heavy atom. The van der Waals surface area contributed by atoms with Crippen LogP contribution in [0.25, 0.3) is 0 Å². The van der Waals surface area contributed by atoms with E-state index in [9.17, 15) is 15.2 Å². The fourth-order valence-corrected chi connectivity index (χ4v) is 2.54. The zero-order valence-electron chi connectivity index (χ0n) is 9.86. The van der Waals surface area contributed by atoms with Gasteiger partial charge in [0, 0.05) is 12.6 Å². The Labute approximate surface area is 110 Å². The normalized spacial score (nSPS) is 17.7. The number of aliphatic hydroxyl groups is 1. The lowest BCUT2D eigenvalue weighted by Crippen LogP contribution is -2.33. The number of rotatable bonds is 4. The molecule has 5 nitrogen and oxygen atoms in total. The zero-order chi connectivity index (χ0) is 13.2. The van der Waals surface area contributed by atoms with E-state index in [0.29, 0.717) is 5.02 Å². The summed E-state index contributed by atoms with van der Waals surface area (Å²) in [5.74, 6) is 0. The number of halogens is 1. The van der Waals surface area contributed by atoms with Crippen LogP contribution in [0.1, 0.15) is 25.7 Å². The second-order valence-corrected chi connectivity index (χ2v) is 5.08. The second-order valence-electron chi connectivity index (χ2n) is 4.68. The van der Waals surface area contributed by atoms with Gasteiger partial charge in [-0.1, -0.05) is 30.5 Å². The first kappa shape index (κ1) is 13.1. The molecule has 6 heteroatoms. The SMILES string of the molecule is O=[N+]([O-])c1cccc(Cl)c1NCC1(O)CCCC1. The van der Waals surface area contributed by atoms with Crippen LogP contribution in [0.5, 0.6) is 0 Å². The first-order valence-electron chi connectivity index (χ1n) is 5.91. The van der Waals surface area contributed by atoms with E-state index in [1.54, 1.807) is 6.07 Å². The topological polar surface area (TPSA) is 75.4 Å². The van der Waals surface area contributed by atoms with Gasteiger partial charge >= 0.3 is 0 Å². The molecule has 0 radical (unpaired) electrons. The average Bonchev–Trinajstić information content (AvgIpc) is 2.74. The summed E-state index contributed by atoms with van der Waals surface area (Å²) in [5.41, 5.74) is -0.555. The van der Waals surface area contributed by atoms with Gasteiger partial charge in [-0.25, -0.2) is 0 Å². The maximum atomic E-state index is 10.9. The summed E-state index contributed by atoms with van der Waals surface area (Å²) in [6.45, 7) is 0.289. The third kappa shape index (κ3) is 2.73. The van der Waals surface area contributed by atoms with Crippen molar-refractivity contribution in [2.75, 3.05) is 11.9 Å². The Kier molecular flexibility index (Phi) is 3.73. The number of hydrogen-bond acceptors (Lipinski definition) is 4. The Hall–Kier alpha value is -1.33. The van der Waals surface area contributed by atoms with Crippen LogP contribution in [0.3, 0.4) is 0 Å². The Morgan fingerprint density at radius 1 is 1.44 bits per heavy atom. The third-order valence-electron chi connectivity index (χ3n) is 3.32. The molecule has 1 aliphatic rings. The highest BCUT2D eigenvalue weighted by molar-refractivity contribution is 6.33. The number of nitrogens with one attached hydrogen (secondary N) is 1. The molecule has 0 aliphatic heterocycles. The van der Waals surface area contributed by atoms with Gasteiger partial charge in [0.25, 0.3) is 5.69 Å². The fraction of sp³-hybridized carbons (Fsp3) is 0.500. The molecule has 0 unspecified atom stereocenters. The monoisotopic (exact) mass is 270 g/mol. The first-order chi connectivity index (χ1) is 8.52. The van der Waals surface area contributed by atoms with Crippen molar-refractivity contribution < 1.29 is 10.0 Å². The molecule has 0 amide bonds. The van der Waals surface area contributed by atoms with Gasteiger partial charge in [0.15, 0.2) is 0 Å². The Balaban J connectivity index is 2.15. The van der Waals surface area contributed by atoms with Crippen LogP contribution in [0, 0.1) is 10.1 Å². The highest BCUT2D eigenvalue weighted by Gasteiger charge is 2.31. The molecular formula is C12H15ClN2O3. The molecule has 98 valence electrons. The Morgan fingerprint density at radius 3 is 2.72 bits per heavy atom. The van der Waals surface area contributed by atoms with Crippen molar-refractivity contribution in [2.45, 2.75) is 31.3 Å². The maximum absolute atomic E-state index is 10.9. The average molecular weight is 271 g/mol. The molecule has 0 atom stereocenters. The van der Waals surface area contributed by atoms with E-state index in [4.69, 9.17) is 11.6 Å². The van der Waals surface area contributed by atoms with E-state index in [1.807, 2.05) is 0 Å². The molecule has 0 spiro atoms. The summed E-state index contributed by atoms with van der Waals surface area (Å²) in [5, 5.41) is 24.3. The lowest BCUT2D eigenvalue weighted by atomic mass is 10.0. The number of nitro benzene ring substituents is 1. The minimum Gasteiger partial charge on any atom is -0.388 e. The van der Waals surface area contributed by atoms with E-state index in [0.717, 1.165) is 25.7 Å². The van der Waals surface area contributed by atoms with Crippen LogP contribution in [-0.2, 0) is 0 Å². The molecule has 2 rings (SSSR count). The minimum absolute atomic E-state index is 0.0657. The largest absolute Gasteiger partial charge is 0.388 e. The number of nitrogens with zero attached hydrogens (tertiary/aromatic N) is 1. The van der Waals surface area contributed by atoms with Gasteiger partial charge in [-0.2, -0.15) is 0 Å². The number of anilines is 1. The number of nitro groups is 1. The van der Waals surface area contributed by atoms with Crippen LogP contribution >= 0.6 is 11.6 Å². The highest BCUT2D eigenvalue weighted by Crippen LogP contribution is 2.34. The van der Waals surface area contributed by atoms with Gasteiger partial charge in [-0.05, 0) is 18.9 Å². The molecule has 0 saturated heterocycles. The summed E-state index contributed by atoms with van der Waals surface area (Å²) in [4.78, 5) is 10.4. The molecule has 0 bridgehead atoms. The van der Waals surface area contributed by atoms with Crippen molar-refractivity contribution in [3.63, 3.8) is 0 Å².